The second kappa shape index (κ2) is 35.4. The number of fused-ring (bicyclic) bond motifs is 1. The number of nitrogens with one attached hydrogen (secondary N) is 9. The minimum atomic E-state index is -2.70. The zero-order valence-corrected chi connectivity index (χ0v) is 52.8. The van der Waals surface area contributed by atoms with E-state index in [-0.39, 0.29) is 50.2 Å². The first kappa shape index (κ1) is 74.0. The molecule has 3 fully saturated rings. The number of carbonyl (C=O) groups is 7. The van der Waals surface area contributed by atoms with E-state index >= 15 is 14.4 Å². The third kappa shape index (κ3) is 20.3. The number of aromatic nitrogens is 1. The summed E-state index contributed by atoms with van der Waals surface area (Å²) in [4.78, 5) is 106. The third-order valence-corrected chi connectivity index (χ3v) is 18.6. The van der Waals surface area contributed by atoms with Gasteiger partial charge in [-0.25, -0.2) is 0 Å². The minimum absolute atomic E-state index is 0.0380. The van der Waals surface area contributed by atoms with Crippen LogP contribution in [0.1, 0.15) is 49.8 Å². The SMILES string of the molecule is C[C@@H](O)[C@@H]1NC(=O)C(CCCCN)NC(=O)[C@@H](Cc2c[nH]c3ccccc23)NC(=O)[C@H](Cc2ccccc2)NC(=O)C(NC(=O)[C@@H](Cc2ccccc2)NC[C@@]2(O)OC[C@@H](O)[C@@H](O[C@H]3O[C@H](CO)[C@@H](O)[C@H](O)[C@H]3O)[C@@H]2O)CSSC[C@@H](C(=O)N[C@H](CO)[C@@H](C)O)NC1=O. The van der Waals surface area contributed by atoms with Gasteiger partial charge in [0.15, 0.2) is 6.29 Å². The van der Waals surface area contributed by atoms with E-state index in [1.54, 1.807) is 91.1 Å². The Morgan fingerprint density at radius 2 is 1.37 bits per heavy atom. The van der Waals surface area contributed by atoms with Crippen molar-refractivity contribution in [3.8, 4) is 0 Å². The van der Waals surface area contributed by atoms with Crippen LogP contribution >= 0.6 is 21.6 Å². The number of ether oxygens (including phenoxy) is 3. The first-order chi connectivity index (χ1) is 44.4. The van der Waals surface area contributed by atoms with E-state index in [1.165, 1.54) is 13.8 Å². The summed E-state index contributed by atoms with van der Waals surface area (Å²) in [6, 6.07) is 12.2. The molecule has 19 atom stereocenters. The second-order valence-electron chi connectivity index (χ2n) is 23.3. The summed E-state index contributed by atoms with van der Waals surface area (Å²) in [7, 11) is 1.82. The van der Waals surface area contributed by atoms with Crippen molar-refractivity contribution in [1.29, 1.82) is 0 Å². The van der Waals surface area contributed by atoms with Crippen molar-refractivity contribution >= 4 is 73.8 Å². The van der Waals surface area contributed by atoms with E-state index in [9.17, 15) is 70.2 Å². The molecule has 7 amide bonds. The fraction of sp³-hybridized carbons (Fsp3) is 0.557. The van der Waals surface area contributed by atoms with Crippen molar-refractivity contribution in [3.63, 3.8) is 0 Å². The first-order valence-corrected chi connectivity index (χ1v) is 33.0. The minimum Gasteiger partial charge on any atom is -0.394 e. The molecule has 0 bridgehead atoms. The molecule has 4 aromatic rings. The quantitative estimate of drug-likeness (QED) is 0.0243. The highest BCUT2D eigenvalue weighted by atomic mass is 33.1. The van der Waals surface area contributed by atoms with Crippen LogP contribution in [0.25, 0.3) is 10.9 Å². The molecule has 7 rings (SSSR count). The number of unbranched alkanes of at least 4 members (excludes halogenated alkanes) is 1. The summed E-state index contributed by atoms with van der Waals surface area (Å²) in [5.74, 6) is -9.92. The molecule has 21 N–H and O–H groups in total. The maximum absolute atomic E-state index is 15.2. The average Bonchev–Trinajstić information content (AvgIpc) is 1.33. The standard InChI is InChI=1S/C61H86N10O20S2/c1-31(74)42(25-72)68-58(86)44-29-93-92-28-43(69-54(82)39(21-33-13-5-3-6-14-33)64-30-61(88)52(80)51(45(76)27-89-61)91-60-50(79)49(78)48(77)46(26-73)90-60)57(85)66-40(22-34-15-7-4-8-16-34)55(83)67-41(23-35-24-63-37-18-10-9-17-36(35)37)56(84)65-38(19-11-12-20-62)53(81)71-47(32(2)75)59(87)70-44/h3-10,13-18,24,31-32,38-52,60,63-64,72-80,88H,11-12,19-23,25-30,62H2,1-2H3,(H,65,84)(H,66,85)(H,67,83)(H,68,86)(H,69,82)(H,70,87)(H,71,81)/t31-,32-,38?,39-,40+,41-,42-,43?,44+,45-,46-,47+,48-,49+,50-,51-,52+,60-,61-/m1/s1. The largest absolute Gasteiger partial charge is 0.394 e. The number of aliphatic hydroxyl groups excluding tert-OH is 9. The monoisotopic (exact) mass is 1340 g/mol. The van der Waals surface area contributed by atoms with Crippen LogP contribution in [0.15, 0.2) is 91.1 Å². The third-order valence-electron chi connectivity index (χ3n) is 16.2. The fourth-order valence-electron chi connectivity index (χ4n) is 10.7. The van der Waals surface area contributed by atoms with Crippen molar-refractivity contribution in [2.75, 3.05) is 44.4 Å². The van der Waals surface area contributed by atoms with Crippen LogP contribution in [0.5, 0.6) is 0 Å². The normalized spacial score (nSPS) is 30.3. The van der Waals surface area contributed by atoms with Gasteiger partial charge in [-0.1, -0.05) is 100 Å². The van der Waals surface area contributed by atoms with Crippen molar-refractivity contribution < 1.29 is 98.8 Å². The molecular weight excluding hydrogens is 1260 g/mol. The summed E-state index contributed by atoms with van der Waals surface area (Å²) < 4.78 is 16.7. The van der Waals surface area contributed by atoms with E-state index in [0.29, 0.717) is 34.0 Å². The predicted octanol–water partition coefficient (Wildman–Crippen LogP) is -5.55. The van der Waals surface area contributed by atoms with Crippen LogP contribution < -0.4 is 48.3 Å². The summed E-state index contributed by atoms with van der Waals surface area (Å²) >= 11 is 0. The number of aromatic amines is 1. The van der Waals surface area contributed by atoms with Gasteiger partial charge in [0.2, 0.25) is 47.1 Å². The fourth-order valence-corrected chi connectivity index (χ4v) is 13.0. The first-order valence-electron chi connectivity index (χ1n) is 30.5. The summed E-state index contributed by atoms with van der Waals surface area (Å²) in [6.07, 6.45) is -15.8. The molecule has 0 radical (unpaired) electrons. The van der Waals surface area contributed by atoms with E-state index in [0.717, 1.165) is 21.6 Å². The van der Waals surface area contributed by atoms with Gasteiger partial charge >= 0.3 is 0 Å². The highest BCUT2D eigenvalue weighted by Gasteiger charge is 2.53. The van der Waals surface area contributed by atoms with Gasteiger partial charge in [-0.05, 0) is 68.8 Å². The molecule has 1 aromatic heterocycles. The second-order valence-corrected chi connectivity index (χ2v) is 25.8. The van der Waals surface area contributed by atoms with Crippen LogP contribution in [0.4, 0.5) is 0 Å². The Morgan fingerprint density at radius 3 is 2.02 bits per heavy atom. The molecule has 2 unspecified atom stereocenters. The van der Waals surface area contributed by atoms with Gasteiger partial charge in [-0.3, -0.25) is 33.6 Å². The molecule has 3 aliphatic heterocycles. The van der Waals surface area contributed by atoms with Gasteiger partial charge in [0, 0.05) is 41.4 Å². The number of hydrogen-bond donors (Lipinski definition) is 20. The van der Waals surface area contributed by atoms with Crippen LogP contribution in [0.3, 0.4) is 0 Å². The summed E-state index contributed by atoms with van der Waals surface area (Å²) in [5.41, 5.74) is 8.20. The average molecular weight is 1340 g/mol. The maximum atomic E-state index is 15.2. The predicted molar refractivity (Wildman–Crippen MR) is 337 cm³/mol. The lowest BCUT2D eigenvalue weighted by molar-refractivity contribution is -0.367. The number of nitrogens with two attached hydrogens (primary N) is 1. The number of rotatable bonds is 23. The Labute approximate surface area is 543 Å². The Bertz CT molecular complexity index is 3090. The molecule has 0 spiro atoms. The Hall–Kier alpha value is -6.41. The van der Waals surface area contributed by atoms with Gasteiger partial charge in [0.1, 0.15) is 79.0 Å². The number of amides is 7. The van der Waals surface area contributed by atoms with Gasteiger partial charge in [0.25, 0.3) is 0 Å². The molecule has 3 aliphatic rings. The zero-order valence-electron chi connectivity index (χ0n) is 51.2. The van der Waals surface area contributed by atoms with Gasteiger partial charge in [-0.15, -0.1) is 0 Å². The molecule has 93 heavy (non-hydrogen) atoms. The van der Waals surface area contributed by atoms with E-state index in [4.69, 9.17) is 19.9 Å². The molecule has 0 saturated carbocycles. The van der Waals surface area contributed by atoms with Gasteiger partial charge in [-0.2, -0.15) is 0 Å². The van der Waals surface area contributed by atoms with E-state index in [2.05, 4.69) is 47.5 Å². The molecule has 30 nitrogen and oxygen atoms in total. The zero-order chi connectivity index (χ0) is 67.5. The molecule has 32 heteroatoms. The highest BCUT2D eigenvalue weighted by Crippen LogP contribution is 2.31. The Kier molecular flexibility index (Phi) is 28.1. The molecule has 4 heterocycles. The molecule has 3 aromatic carbocycles. The number of H-pyrrole nitrogens is 1. The number of carbonyl (C=O) groups excluding carboxylic acids is 7. The lowest BCUT2D eigenvalue weighted by Gasteiger charge is -2.47. The molecular formula is C61H86N10O20S2. The lowest BCUT2D eigenvalue weighted by Crippen LogP contribution is -2.68. The van der Waals surface area contributed by atoms with Crippen LogP contribution in [0, 0.1) is 0 Å². The number of benzene rings is 3. The van der Waals surface area contributed by atoms with Crippen molar-refractivity contribution in [2.45, 2.75) is 168 Å². The van der Waals surface area contributed by atoms with E-state index < -0.39 is 183 Å². The van der Waals surface area contributed by atoms with Gasteiger partial charge in [0.05, 0.1) is 50.7 Å². The Balaban J connectivity index is 1.25. The molecule has 3 saturated heterocycles. The van der Waals surface area contributed by atoms with Crippen LogP contribution in [0.2, 0.25) is 0 Å². The van der Waals surface area contributed by atoms with Gasteiger partial charge < -0.3 is 119 Å². The Morgan fingerprint density at radius 1 is 0.742 bits per heavy atom. The number of aliphatic hydroxyl groups is 10. The van der Waals surface area contributed by atoms with Crippen molar-refractivity contribution in [2.24, 2.45) is 5.73 Å². The topological polar surface area (TPSA) is 488 Å². The molecule has 0 aliphatic carbocycles. The maximum Gasteiger partial charge on any atom is 0.245 e. The highest BCUT2D eigenvalue weighted by molar-refractivity contribution is 8.76. The summed E-state index contributed by atoms with van der Waals surface area (Å²) in [6.45, 7) is -0.343. The van der Waals surface area contributed by atoms with E-state index in [1.807, 2.05) is 0 Å². The van der Waals surface area contributed by atoms with Crippen LogP contribution in [-0.2, 0) is 67.0 Å². The smallest absolute Gasteiger partial charge is 0.245 e. The lowest BCUT2D eigenvalue weighted by atomic mass is 9.95. The van der Waals surface area contributed by atoms with Crippen molar-refractivity contribution in [3.05, 3.63) is 108 Å². The van der Waals surface area contributed by atoms with Crippen molar-refractivity contribution in [1.82, 2.24) is 47.5 Å². The summed E-state index contributed by atoms with van der Waals surface area (Å²) in [5, 5.41) is 129. The number of hydrogen-bond acceptors (Lipinski definition) is 24. The number of para-hydroxylation sites is 1. The van der Waals surface area contributed by atoms with Crippen LogP contribution in [-0.4, -0.2) is 257 Å². The molecule has 512 valence electrons.